The van der Waals surface area contributed by atoms with Crippen LogP contribution in [0.4, 0.5) is 5.69 Å². The Hall–Kier alpha value is -1.61. The molecule has 3 nitrogen and oxygen atoms in total. The number of para-hydroxylation sites is 1. The van der Waals surface area contributed by atoms with Crippen molar-refractivity contribution in [1.29, 1.82) is 0 Å². The van der Waals surface area contributed by atoms with Crippen molar-refractivity contribution < 1.29 is 9.59 Å². The van der Waals surface area contributed by atoms with Gasteiger partial charge < -0.3 is 0 Å². The summed E-state index contributed by atoms with van der Waals surface area (Å²) < 4.78 is 0. The Labute approximate surface area is 98.3 Å². The van der Waals surface area contributed by atoms with Crippen molar-refractivity contribution >= 4 is 29.0 Å². The molecule has 0 N–H and O–H groups in total. The van der Waals surface area contributed by atoms with Gasteiger partial charge in [0.05, 0.1) is 16.3 Å². The first kappa shape index (κ1) is 10.9. The third-order valence-corrected chi connectivity index (χ3v) is 2.77. The molecule has 16 heavy (non-hydrogen) atoms. The molecule has 1 aliphatic heterocycles. The summed E-state index contributed by atoms with van der Waals surface area (Å²) in [6.45, 7) is 2.23. The SMILES string of the molecule is CC=CCN1C(=O)C(=O)c2cccc(Cl)c21. The van der Waals surface area contributed by atoms with Gasteiger partial charge in [-0.3, -0.25) is 14.5 Å². The van der Waals surface area contributed by atoms with E-state index in [0.717, 1.165) is 0 Å². The average molecular weight is 236 g/mol. The van der Waals surface area contributed by atoms with Gasteiger partial charge in [-0.15, -0.1) is 0 Å². The number of allylic oxidation sites excluding steroid dienone is 1. The summed E-state index contributed by atoms with van der Waals surface area (Å²) in [6, 6.07) is 4.97. The Kier molecular flexibility index (Phi) is 2.79. The summed E-state index contributed by atoms with van der Waals surface area (Å²) in [4.78, 5) is 24.8. The van der Waals surface area contributed by atoms with Crippen LogP contribution in [0.3, 0.4) is 0 Å². The van der Waals surface area contributed by atoms with Crippen molar-refractivity contribution in [3.63, 3.8) is 0 Å². The van der Waals surface area contributed by atoms with E-state index in [4.69, 9.17) is 11.6 Å². The zero-order valence-electron chi connectivity index (χ0n) is 8.74. The molecule has 2 rings (SSSR count). The predicted molar refractivity (Wildman–Crippen MR) is 62.9 cm³/mol. The number of rotatable bonds is 2. The van der Waals surface area contributed by atoms with Crippen molar-refractivity contribution in [3.05, 3.63) is 40.9 Å². The van der Waals surface area contributed by atoms with Crippen molar-refractivity contribution in [2.75, 3.05) is 11.4 Å². The number of fused-ring (bicyclic) bond motifs is 1. The summed E-state index contributed by atoms with van der Waals surface area (Å²) in [5, 5.41) is 0.432. The van der Waals surface area contributed by atoms with E-state index >= 15 is 0 Å². The lowest BCUT2D eigenvalue weighted by atomic mass is 10.1. The Morgan fingerprint density at radius 3 is 2.81 bits per heavy atom. The Morgan fingerprint density at radius 1 is 1.38 bits per heavy atom. The summed E-state index contributed by atoms with van der Waals surface area (Å²) >= 11 is 6.00. The van der Waals surface area contributed by atoms with Gasteiger partial charge in [-0.25, -0.2) is 0 Å². The van der Waals surface area contributed by atoms with Gasteiger partial charge >= 0.3 is 0 Å². The van der Waals surface area contributed by atoms with Crippen molar-refractivity contribution in [3.8, 4) is 0 Å². The van der Waals surface area contributed by atoms with Crippen LogP contribution >= 0.6 is 11.6 Å². The molecule has 1 aliphatic rings. The van der Waals surface area contributed by atoms with Gasteiger partial charge in [-0.05, 0) is 19.1 Å². The average Bonchev–Trinajstić information content (AvgIpc) is 2.52. The number of halogens is 1. The highest BCUT2D eigenvalue weighted by molar-refractivity contribution is 6.54. The second-order valence-electron chi connectivity index (χ2n) is 3.45. The quantitative estimate of drug-likeness (QED) is 0.583. The van der Waals surface area contributed by atoms with Gasteiger partial charge in [0.15, 0.2) is 0 Å². The Bertz CT molecular complexity index is 494. The van der Waals surface area contributed by atoms with E-state index in [1.54, 1.807) is 18.2 Å². The summed E-state index contributed by atoms with van der Waals surface area (Å²) in [5.74, 6) is -0.997. The molecule has 0 aromatic heterocycles. The Balaban J connectivity index is 2.51. The number of carbonyl (C=O) groups excluding carboxylic acids is 2. The zero-order chi connectivity index (χ0) is 11.7. The molecule has 0 fully saturated rings. The number of nitrogens with zero attached hydrogens (tertiary/aromatic N) is 1. The maximum Gasteiger partial charge on any atom is 0.299 e. The molecule has 0 saturated heterocycles. The van der Waals surface area contributed by atoms with Crippen molar-refractivity contribution in [2.45, 2.75) is 6.92 Å². The molecule has 1 heterocycles. The molecule has 0 spiro atoms. The minimum atomic E-state index is -0.513. The second kappa shape index (κ2) is 4.10. The first-order valence-electron chi connectivity index (χ1n) is 4.92. The fourth-order valence-electron chi connectivity index (χ4n) is 1.70. The maximum atomic E-state index is 11.7. The highest BCUT2D eigenvalue weighted by Gasteiger charge is 2.36. The van der Waals surface area contributed by atoms with E-state index in [1.807, 2.05) is 19.1 Å². The third-order valence-electron chi connectivity index (χ3n) is 2.46. The van der Waals surface area contributed by atoms with Crippen LogP contribution in [0.15, 0.2) is 30.4 Å². The molecule has 1 amide bonds. The minimum Gasteiger partial charge on any atom is -0.299 e. The van der Waals surface area contributed by atoms with Gasteiger partial charge in [0, 0.05) is 6.54 Å². The first-order chi connectivity index (χ1) is 7.66. The molecule has 82 valence electrons. The van der Waals surface area contributed by atoms with Crippen LogP contribution in [-0.2, 0) is 4.79 Å². The highest BCUT2D eigenvalue weighted by Crippen LogP contribution is 2.35. The standard InChI is InChI=1S/C12H10ClNO2/c1-2-3-7-14-10-8(11(15)12(14)16)5-4-6-9(10)13/h2-6H,7H2,1H3. The van der Waals surface area contributed by atoms with E-state index in [2.05, 4.69) is 0 Å². The number of hydrogen-bond donors (Lipinski definition) is 0. The van der Waals surface area contributed by atoms with E-state index in [-0.39, 0.29) is 0 Å². The number of hydrogen-bond acceptors (Lipinski definition) is 2. The predicted octanol–water partition coefficient (Wildman–Crippen LogP) is 2.45. The molecule has 0 bridgehead atoms. The highest BCUT2D eigenvalue weighted by atomic mass is 35.5. The molecule has 4 heteroatoms. The van der Waals surface area contributed by atoms with E-state index in [1.165, 1.54) is 4.90 Å². The summed E-state index contributed by atoms with van der Waals surface area (Å²) in [5.41, 5.74) is 0.916. The molecule has 0 saturated carbocycles. The molecule has 0 aliphatic carbocycles. The molecule has 0 radical (unpaired) electrons. The maximum absolute atomic E-state index is 11.7. The molecule has 0 atom stereocenters. The molecule has 1 aromatic carbocycles. The second-order valence-corrected chi connectivity index (χ2v) is 3.86. The lowest BCUT2D eigenvalue weighted by molar-refractivity contribution is -0.114. The van der Waals surface area contributed by atoms with Crippen LogP contribution in [0.25, 0.3) is 0 Å². The molecule has 1 aromatic rings. The lowest BCUT2D eigenvalue weighted by Gasteiger charge is -2.14. The van der Waals surface area contributed by atoms with Crippen LogP contribution in [0.2, 0.25) is 5.02 Å². The van der Waals surface area contributed by atoms with Gasteiger partial charge in [-0.1, -0.05) is 29.8 Å². The van der Waals surface area contributed by atoms with E-state index in [0.29, 0.717) is 22.8 Å². The molecular weight excluding hydrogens is 226 g/mol. The van der Waals surface area contributed by atoms with Gasteiger partial charge in [0.25, 0.3) is 11.7 Å². The number of benzene rings is 1. The van der Waals surface area contributed by atoms with Gasteiger partial charge in [-0.2, -0.15) is 0 Å². The molecule has 0 unspecified atom stereocenters. The minimum absolute atomic E-state index is 0.373. The van der Waals surface area contributed by atoms with Gasteiger partial charge in [0.2, 0.25) is 0 Å². The van der Waals surface area contributed by atoms with Crippen LogP contribution in [0.5, 0.6) is 0 Å². The van der Waals surface area contributed by atoms with Crippen LogP contribution in [-0.4, -0.2) is 18.2 Å². The number of Topliss-reactive ketones (excluding diaryl/α,β-unsaturated/α-hetero) is 1. The fourth-order valence-corrected chi connectivity index (χ4v) is 1.97. The third kappa shape index (κ3) is 1.53. The number of carbonyl (C=O) groups is 2. The topological polar surface area (TPSA) is 37.4 Å². The van der Waals surface area contributed by atoms with Crippen molar-refractivity contribution in [1.82, 2.24) is 0 Å². The number of anilines is 1. The first-order valence-corrected chi connectivity index (χ1v) is 5.30. The van der Waals surface area contributed by atoms with E-state index in [9.17, 15) is 9.59 Å². The fraction of sp³-hybridized carbons (Fsp3) is 0.167. The monoisotopic (exact) mass is 235 g/mol. The number of ketones is 1. The van der Waals surface area contributed by atoms with Crippen LogP contribution < -0.4 is 4.90 Å². The zero-order valence-corrected chi connectivity index (χ0v) is 9.49. The summed E-state index contributed by atoms with van der Waals surface area (Å²) in [7, 11) is 0. The Morgan fingerprint density at radius 2 is 2.12 bits per heavy atom. The summed E-state index contributed by atoms with van der Waals surface area (Å²) in [6.07, 6.45) is 3.64. The van der Waals surface area contributed by atoms with E-state index < -0.39 is 11.7 Å². The molecular formula is C12H10ClNO2. The largest absolute Gasteiger partial charge is 0.299 e. The van der Waals surface area contributed by atoms with Crippen molar-refractivity contribution in [2.24, 2.45) is 0 Å². The number of amides is 1. The lowest BCUT2D eigenvalue weighted by Crippen LogP contribution is -2.29. The van der Waals surface area contributed by atoms with Crippen LogP contribution in [0, 0.1) is 0 Å². The normalized spacial score (nSPS) is 15.0. The van der Waals surface area contributed by atoms with Crippen LogP contribution in [0.1, 0.15) is 17.3 Å². The van der Waals surface area contributed by atoms with Gasteiger partial charge in [0.1, 0.15) is 0 Å². The smallest absolute Gasteiger partial charge is 0.299 e.